The van der Waals surface area contributed by atoms with Crippen LogP contribution < -0.4 is 10.6 Å². The Balaban J connectivity index is 2.27. The Bertz CT molecular complexity index is 599. The molecule has 106 valence electrons. The summed E-state index contributed by atoms with van der Waals surface area (Å²) in [6, 6.07) is 12.2. The average molecular weight is 293 g/mol. The average Bonchev–Trinajstić information content (AvgIpc) is 2.38. The van der Waals surface area contributed by atoms with Gasteiger partial charge < -0.3 is 10.6 Å². The lowest BCUT2D eigenvalue weighted by molar-refractivity contribution is 0.622. The van der Waals surface area contributed by atoms with Crippen LogP contribution in [0.2, 0.25) is 5.02 Å². The van der Waals surface area contributed by atoms with Crippen molar-refractivity contribution < 1.29 is 4.39 Å². The number of rotatable bonds is 4. The van der Waals surface area contributed by atoms with E-state index >= 15 is 0 Å². The molecule has 0 aliphatic heterocycles. The van der Waals surface area contributed by atoms with Crippen LogP contribution >= 0.6 is 11.6 Å². The highest BCUT2D eigenvalue weighted by molar-refractivity contribution is 6.30. The first-order valence-electron chi connectivity index (χ1n) is 6.48. The number of anilines is 1. The van der Waals surface area contributed by atoms with Crippen molar-refractivity contribution >= 4 is 17.3 Å². The predicted octanol–water partition coefficient (Wildman–Crippen LogP) is 4.14. The zero-order chi connectivity index (χ0) is 14.7. The second-order valence-corrected chi connectivity index (χ2v) is 5.41. The van der Waals surface area contributed by atoms with Gasteiger partial charge in [0.1, 0.15) is 5.82 Å². The summed E-state index contributed by atoms with van der Waals surface area (Å²) in [6.45, 7) is 2.54. The number of hydrogen-bond donors (Lipinski definition) is 1. The van der Waals surface area contributed by atoms with E-state index in [0.29, 0.717) is 11.6 Å². The minimum atomic E-state index is -0.266. The summed E-state index contributed by atoms with van der Waals surface area (Å²) >= 11 is 5.99. The minimum Gasteiger partial charge on any atom is -0.370 e. The Hall–Kier alpha value is -1.58. The van der Waals surface area contributed by atoms with Crippen LogP contribution in [0.1, 0.15) is 24.1 Å². The van der Waals surface area contributed by atoms with Crippen molar-refractivity contribution in [2.24, 2.45) is 5.73 Å². The van der Waals surface area contributed by atoms with E-state index in [2.05, 4.69) is 0 Å². The zero-order valence-electron chi connectivity index (χ0n) is 11.6. The number of benzene rings is 2. The molecule has 4 heteroatoms. The molecular formula is C16H18ClFN2. The molecule has 0 radical (unpaired) electrons. The molecular weight excluding hydrogens is 275 g/mol. The molecule has 0 unspecified atom stereocenters. The van der Waals surface area contributed by atoms with Gasteiger partial charge in [0.2, 0.25) is 0 Å². The fraction of sp³-hybridized carbons (Fsp3) is 0.250. The fourth-order valence-corrected chi connectivity index (χ4v) is 2.44. The van der Waals surface area contributed by atoms with Crippen LogP contribution in [0.15, 0.2) is 42.5 Å². The summed E-state index contributed by atoms with van der Waals surface area (Å²) in [4.78, 5) is 2.05. The molecule has 0 aliphatic rings. The number of nitrogens with zero attached hydrogens (tertiary/aromatic N) is 1. The quantitative estimate of drug-likeness (QED) is 0.918. The number of nitrogens with two attached hydrogens (primary N) is 1. The molecule has 0 saturated carbocycles. The lowest BCUT2D eigenvalue weighted by Crippen LogP contribution is -2.20. The molecule has 2 N–H and O–H groups in total. The maximum atomic E-state index is 13.4. The topological polar surface area (TPSA) is 29.3 Å². The Kier molecular flexibility index (Phi) is 4.63. The standard InChI is InChI=1S/C16H18ClFN2/c1-11(19)15-9-14(18)6-7-16(15)20(2)10-12-4-3-5-13(17)8-12/h3-9,11H,10,19H2,1-2H3/t11-/m1/s1. The van der Waals surface area contributed by atoms with Crippen LogP contribution in [-0.2, 0) is 6.54 Å². The van der Waals surface area contributed by atoms with E-state index in [9.17, 15) is 4.39 Å². The summed E-state index contributed by atoms with van der Waals surface area (Å²) in [5.41, 5.74) is 8.75. The maximum Gasteiger partial charge on any atom is 0.123 e. The van der Waals surface area contributed by atoms with Crippen molar-refractivity contribution in [3.05, 3.63) is 64.4 Å². The summed E-state index contributed by atoms with van der Waals surface area (Å²) in [7, 11) is 1.96. The van der Waals surface area contributed by atoms with Crippen LogP contribution in [0.25, 0.3) is 0 Å². The summed E-state index contributed by atoms with van der Waals surface area (Å²) in [6.07, 6.45) is 0. The van der Waals surface area contributed by atoms with Crippen molar-refractivity contribution in [3.8, 4) is 0 Å². The van der Waals surface area contributed by atoms with Crippen molar-refractivity contribution in [1.29, 1.82) is 0 Å². The minimum absolute atomic E-state index is 0.220. The second kappa shape index (κ2) is 6.25. The van der Waals surface area contributed by atoms with E-state index in [1.165, 1.54) is 12.1 Å². The summed E-state index contributed by atoms with van der Waals surface area (Å²) < 4.78 is 13.4. The van der Waals surface area contributed by atoms with Gasteiger partial charge in [0.25, 0.3) is 0 Å². The second-order valence-electron chi connectivity index (χ2n) is 4.98. The molecule has 0 saturated heterocycles. The van der Waals surface area contributed by atoms with Gasteiger partial charge in [-0.05, 0) is 48.4 Å². The molecule has 2 nitrogen and oxygen atoms in total. The largest absolute Gasteiger partial charge is 0.370 e. The SMILES string of the molecule is C[C@@H](N)c1cc(F)ccc1N(C)Cc1cccc(Cl)c1. The summed E-state index contributed by atoms with van der Waals surface area (Å²) in [5.74, 6) is -0.266. The molecule has 0 fully saturated rings. The van der Waals surface area contributed by atoms with Gasteiger partial charge in [-0.1, -0.05) is 23.7 Å². The first-order valence-corrected chi connectivity index (χ1v) is 6.86. The highest BCUT2D eigenvalue weighted by Crippen LogP contribution is 2.26. The normalized spacial score (nSPS) is 12.2. The lowest BCUT2D eigenvalue weighted by Gasteiger charge is -2.24. The zero-order valence-corrected chi connectivity index (χ0v) is 12.4. The van der Waals surface area contributed by atoms with Crippen LogP contribution in [0.3, 0.4) is 0 Å². The third-order valence-corrected chi connectivity index (χ3v) is 3.44. The molecule has 0 bridgehead atoms. The summed E-state index contributed by atoms with van der Waals surface area (Å²) in [5, 5.41) is 0.711. The van der Waals surface area contributed by atoms with E-state index in [0.717, 1.165) is 16.8 Å². The van der Waals surface area contributed by atoms with E-state index in [1.807, 2.05) is 43.1 Å². The van der Waals surface area contributed by atoms with Crippen molar-refractivity contribution in [1.82, 2.24) is 0 Å². The number of hydrogen-bond acceptors (Lipinski definition) is 2. The molecule has 20 heavy (non-hydrogen) atoms. The molecule has 0 aromatic heterocycles. The van der Waals surface area contributed by atoms with Crippen molar-refractivity contribution in [3.63, 3.8) is 0 Å². The molecule has 0 heterocycles. The highest BCUT2D eigenvalue weighted by atomic mass is 35.5. The molecule has 1 atom stereocenters. The predicted molar refractivity (Wildman–Crippen MR) is 82.6 cm³/mol. The van der Waals surface area contributed by atoms with Gasteiger partial charge in [0, 0.05) is 30.3 Å². The van der Waals surface area contributed by atoms with Crippen LogP contribution in [0.4, 0.5) is 10.1 Å². The fourth-order valence-electron chi connectivity index (χ4n) is 2.23. The Morgan fingerprint density at radius 2 is 2.00 bits per heavy atom. The van der Waals surface area contributed by atoms with E-state index in [1.54, 1.807) is 6.07 Å². The van der Waals surface area contributed by atoms with Crippen LogP contribution in [-0.4, -0.2) is 7.05 Å². The molecule has 0 spiro atoms. The van der Waals surface area contributed by atoms with Crippen LogP contribution in [0, 0.1) is 5.82 Å². The maximum absolute atomic E-state index is 13.4. The molecule has 2 rings (SSSR count). The molecule has 0 aliphatic carbocycles. The van der Waals surface area contributed by atoms with Crippen molar-refractivity contribution in [2.45, 2.75) is 19.5 Å². The third-order valence-electron chi connectivity index (χ3n) is 3.20. The highest BCUT2D eigenvalue weighted by Gasteiger charge is 2.12. The molecule has 2 aromatic carbocycles. The van der Waals surface area contributed by atoms with Gasteiger partial charge in [-0.2, -0.15) is 0 Å². The smallest absolute Gasteiger partial charge is 0.123 e. The van der Waals surface area contributed by atoms with E-state index in [-0.39, 0.29) is 11.9 Å². The van der Waals surface area contributed by atoms with Gasteiger partial charge in [-0.25, -0.2) is 4.39 Å². The number of halogens is 2. The van der Waals surface area contributed by atoms with Crippen LogP contribution in [0.5, 0.6) is 0 Å². The first-order chi connectivity index (χ1) is 9.47. The Morgan fingerprint density at radius 3 is 2.65 bits per heavy atom. The van der Waals surface area contributed by atoms with Crippen molar-refractivity contribution in [2.75, 3.05) is 11.9 Å². The van der Waals surface area contributed by atoms with E-state index in [4.69, 9.17) is 17.3 Å². The monoisotopic (exact) mass is 292 g/mol. The Morgan fingerprint density at radius 1 is 1.25 bits per heavy atom. The van der Waals surface area contributed by atoms with Gasteiger partial charge in [0.05, 0.1) is 0 Å². The molecule has 0 amide bonds. The van der Waals surface area contributed by atoms with Gasteiger partial charge in [0.15, 0.2) is 0 Å². The Labute approximate surface area is 124 Å². The van der Waals surface area contributed by atoms with E-state index < -0.39 is 0 Å². The molecule has 2 aromatic rings. The van der Waals surface area contributed by atoms with Gasteiger partial charge >= 0.3 is 0 Å². The lowest BCUT2D eigenvalue weighted by atomic mass is 10.1. The third kappa shape index (κ3) is 3.50. The van der Waals surface area contributed by atoms with Gasteiger partial charge in [-0.3, -0.25) is 0 Å². The van der Waals surface area contributed by atoms with Gasteiger partial charge in [-0.15, -0.1) is 0 Å². The first kappa shape index (κ1) is 14.8.